The number of aliphatic hydroxyl groups is 1. The van der Waals surface area contributed by atoms with Gasteiger partial charge in [0, 0.05) is 5.69 Å². The molecule has 5 rings (SSSR count). The number of amides is 2. The second kappa shape index (κ2) is 13.3. The summed E-state index contributed by atoms with van der Waals surface area (Å²) in [7, 11) is 0. The maximum Gasteiger partial charge on any atom is 0.417 e. The van der Waals surface area contributed by atoms with Crippen molar-refractivity contribution in [1.29, 1.82) is 5.26 Å². The van der Waals surface area contributed by atoms with E-state index in [2.05, 4.69) is 11.4 Å². The first-order chi connectivity index (χ1) is 20.8. The summed E-state index contributed by atoms with van der Waals surface area (Å²) in [6, 6.07) is 27.6. The monoisotopic (exact) mass is 581 g/mol. The zero-order valence-electron chi connectivity index (χ0n) is 23.1. The fourth-order valence-corrected chi connectivity index (χ4v) is 5.29. The number of halogens is 2. The SMILES string of the molecule is N#Cc1ccc(C(Nc2ccc(F)cc2)C(CCC(O)c2ccc(F)cc2)C(=O)N2C(=O)OCC2c2ccccc2)cc1. The molecule has 0 aromatic heterocycles. The molecule has 0 spiro atoms. The summed E-state index contributed by atoms with van der Waals surface area (Å²) < 4.78 is 32.6. The summed E-state index contributed by atoms with van der Waals surface area (Å²) in [6.07, 6.45) is -1.57. The lowest BCUT2D eigenvalue weighted by atomic mass is 9.85. The van der Waals surface area contributed by atoms with E-state index in [1.54, 1.807) is 24.3 Å². The molecule has 4 aromatic rings. The number of benzene rings is 4. The van der Waals surface area contributed by atoms with Crippen molar-refractivity contribution in [2.75, 3.05) is 11.9 Å². The molecule has 1 aliphatic rings. The molecule has 4 aromatic carbocycles. The fourth-order valence-electron chi connectivity index (χ4n) is 5.29. The molecule has 2 amide bonds. The Balaban J connectivity index is 1.54. The number of aliphatic hydroxyl groups excluding tert-OH is 1. The van der Waals surface area contributed by atoms with Gasteiger partial charge in [0.15, 0.2) is 0 Å². The van der Waals surface area contributed by atoms with E-state index < -0.39 is 47.7 Å². The summed E-state index contributed by atoms with van der Waals surface area (Å²) in [5, 5.41) is 23.7. The van der Waals surface area contributed by atoms with Crippen molar-refractivity contribution >= 4 is 17.7 Å². The minimum absolute atomic E-state index is 0.00751. The Morgan fingerprint density at radius 3 is 2.14 bits per heavy atom. The number of nitriles is 1. The minimum atomic E-state index is -1.02. The van der Waals surface area contributed by atoms with Crippen molar-refractivity contribution in [3.63, 3.8) is 0 Å². The average molecular weight is 582 g/mol. The maximum atomic E-state index is 14.5. The Kier molecular flexibility index (Phi) is 9.08. The van der Waals surface area contributed by atoms with Crippen LogP contribution in [-0.2, 0) is 9.53 Å². The molecule has 1 heterocycles. The van der Waals surface area contributed by atoms with Gasteiger partial charge in [-0.3, -0.25) is 4.79 Å². The Bertz CT molecular complexity index is 1590. The predicted octanol–water partition coefficient (Wildman–Crippen LogP) is 6.84. The van der Waals surface area contributed by atoms with Gasteiger partial charge in [0.1, 0.15) is 24.3 Å². The normalized spacial score (nSPS) is 16.6. The molecule has 4 unspecified atom stereocenters. The van der Waals surface area contributed by atoms with Crippen molar-refractivity contribution in [2.24, 2.45) is 5.92 Å². The summed E-state index contributed by atoms with van der Waals surface area (Å²) in [5.41, 5.74) is 2.80. The van der Waals surface area contributed by atoms with Crippen molar-refractivity contribution in [3.8, 4) is 6.07 Å². The van der Waals surface area contributed by atoms with Crippen molar-refractivity contribution in [1.82, 2.24) is 4.90 Å². The summed E-state index contributed by atoms with van der Waals surface area (Å²) in [4.78, 5) is 28.6. The standard InChI is InChI=1S/C34H29F2N3O4/c35-26-12-10-24(11-13-26)31(40)19-18-29(33(41)39-30(21-43-34(39)42)23-4-2-1-3-5-23)32(25-8-6-22(20-37)7-9-25)38-28-16-14-27(36)15-17-28/h1-17,29-32,38,40H,18-19,21H2. The highest BCUT2D eigenvalue weighted by Gasteiger charge is 2.44. The van der Waals surface area contributed by atoms with E-state index in [1.165, 1.54) is 48.5 Å². The highest BCUT2D eigenvalue weighted by Crippen LogP contribution is 2.37. The van der Waals surface area contributed by atoms with Crippen LogP contribution in [0, 0.1) is 28.9 Å². The summed E-state index contributed by atoms with van der Waals surface area (Å²) in [6.45, 7) is -0.00751. The summed E-state index contributed by atoms with van der Waals surface area (Å²) >= 11 is 0. The molecule has 0 aliphatic carbocycles. The van der Waals surface area contributed by atoms with Crippen LogP contribution in [-0.4, -0.2) is 28.6 Å². The highest BCUT2D eigenvalue weighted by atomic mass is 19.1. The number of imide groups is 1. The van der Waals surface area contributed by atoms with Gasteiger partial charge in [-0.2, -0.15) is 5.26 Å². The Hall–Kier alpha value is -5.07. The number of hydrogen-bond donors (Lipinski definition) is 2. The molecule has 0 radical (unpaired) electrons. The van der Waals surface area contributed by atoms with Crippen LogP contribution in [0.15, 0.2) is 103 Å². The van der Waals surface area contributed by atoms with Crippen molar-refractivity contribution < 1.29 is 28.2 Å². The first kappa shape index (κ1) is 29.4. The zero-order chi connectivity index (χ0) is 30.3. The molecule has 9 heteroatoms. The Morgan fingerprint density at radius 2 is 1.51 bits per heavy atom. The Labute approximate surface area is 248 Å². The van der Waals surface area contributed by atoms with E-state index in [9.17, 15) is 28.7 Å². The fraction of sp³-hybridized carbons (Fsp3) is 0.206. The smallest absolute Gasteiger partial charge is 0.417 e. The number of hydrogen-bond acceptors (Lipinski definition) is 6. The zero-order valence-corrected chi connectivity index (χ0v) is 23.1. The molecule has 1 saturated heterocycles. The highest BCUT2D eigenvalue weighted by molar-refractivity contribution is 5.95. The van der Waals surface area contributed by atoms with Gasteiger partial charge in [-0.1, -0.05) is 54.6 Å². The van der Waals surface area contributed by atoms with Crippen LogP contribution in [0.25, 0.3) is 0 Å². The second-order valence-electron chi connectivity index (χ2n) is 10.3. The van der Waals surface area contributed by atoms with Gasteiger partial charge in [-0.05, 0) is 78.1 Å². The molecule has 43 heavy (non-hydrogen) atoms. The third kappa shape index (κ3) is 6.88. The van der Waals surface area contributed by atoms with Crippen LogP contribution in [0.3, 0.4) is 0 Å². The van der Waals surface area contributed by atoms with Gasteiger partial charge in [-0.15, -0.1) is 0 Å². The predicted molar refractivity (Wildman–Crippen MR) is 155 cm³/mol. The molecule has 4 atom stereocenters. The molecular formula is C34H29F2N3O4. The molecule has 0 saturated carbocycles. The van der Waals surface area contributed by atoms with E-state index in [0.717, 1.165) is 10.5 Å². The minimum Gasteiger partial charge on any atom is -0.446 e. The first-order valence-corrected chi connectivity index (χ1v) is 13.8. The molecular weight excluding hydrogens is 552 g/mol. The van der Waals surface area contributed by atoms with Crippen LogP contribution in [0.1, 0.15) is 53.3 Å². The number of carbonyl (C=O) groups is 2. The average Bonchev–Trinajstić information content (AvgIpc) is 3.43. The van der Waals surface area contributed by atoms with Crippen LogP contribution in [0.4, 0.5) is 19.3 Å². The van der Waals surface area contributed by atoms with Crippen LogP contribution < -0.4 is 5.32 Å². The maximum absolute atomic E-state index is 14.5. The number of ether oxygens (including phenoxy) is 1. The molecule has 1 aliphatic heterocycles. The van der Waals surface area contributed by atoms with E-state index in [0.29, 0.717) is 22.4 Å². The largest absolute Gasteiger partial charge is 0.446 e. The van der Waals surface area contributed by atoms with E-state index >= 15 is 0 Å². The van der Waals surface area contributed by atoms with Gasteiger partial charge >= 0.3 is 6.09 Å². The van der Waals surface area contributed by atoms with Crippen LogP contribution in [0.5, 0.6) is 0 Å². The number of cyclic esters (lactones) is 1. The molecule has 1 fully saturated rings. The van der Waals surface area contributed by atoms with Crippen molar-refractivity contribution in [3.05, 3.63) is 137 Å². The number of rotatable bonds is 10. The van der Waals surface area contributed by atoms with E-state index in [-0.39, 0.29) is 19.4 Å². The van der Waals surface area contributed by atoms with Gasteiger partial charge < -0.3 is 15.2 Å². The number of nitrogens with one attached hydrogen (secondary N) is 1. The molecule has 7 nitrogen and oxygen atoms in total. The number of carbonyl (C=O) groups excluding carboxylic acids is 2. The first-order valence-electron chi connectivity index (χ1n) is 13.8. The van der Waals surface area contributed by atoms with E-state index in [4.69, 9.17) is 4.74 Å². The quantitative estimate of drug-likeness (QED) is 0.213. The number of nitrogens with zero attached hydrogens (tertiary/aromatic N) is 2. The lowest BCUT2D eigenvalue weighted by Gasteiger charge is -2.32. The molecule has 2 N–H and O–H groups in total. The summed E-state index contributed by atoms with van der Waals surface area (Å²) in [5.74, 6) is -2.31. The Morgan fingerprint density at radius 1 is 0.907 bits per heavy atom. The van der Waals surface area contributed by atoms with Crippen molar-refractivity contribution in [2.45, 2.75) is 31.0 Å². The van der Waals surface area contributed by atoms with E-state index in [1.807, 2.05) is 30.3 Å². The third-order valence-corrected chi connectivity index (χ3v) is 7.59. The molecule has 0 bridgehead atoms. The second-order valence-corrected chi connectivity index (χ2v) is 10.3. The number of anilines is 1. The molecule has 218 valence electrons. The topological polar surface area (TPSA) is 103 Å². The van der Waals surface area contributed by atoms with Crippen LogP contribution >= 0.6 is 0 Å². The van der Waals surface area contributed by atoms with Gasteiger partial charge in [0.25, 0.3) is 0 Å². The lowest BCUT2D eigenvalue weighted by Crippen LogP contribution is -2.42. The van der Waals surface area contributed by atoms with Gasteiger partial charge in [0.05, 0.1) is 29.7 Å². The lowest BCUT2D eigenvalue weighted by molar-refractivity contribution is -0.134. The van der Waals surface area contributed by atoms with Gasteiger partial charge in [-0.25, -0.2) is 18.5 Å². The van der Waals surface area contributed by atoms with Crippen LogP contribution in [0.2, 0.25) is 0 Å². The third-order valence-electron chi connectivity index (χ3n) is 7.59. The van der Waals surface area contributed by atoms with Gasteiger partial charge in [0.2, 0.25) is 5.91 Å².